The molecule has 4 heteroatoms. The van der Waals surface area contributed by atoms with E-state index in [2.05, 4.69) is 21.7 Å². The van der Waals surface area contributed by atoms with E-state index in [-0.39, 0.29) is 0 Å². The lowest BCUT2D eigenvalue weighted by Crippen LogP contribution is -2.15. The van der Waals surface area contributed by atoms with Gasteiger partial charge in [0.25, 0.3) is 0 Å². The van der Waals surface area contributed by atoms with Crippen LogP contribution >= 0.6 is 22.9 Å². The van der Waals surface area contributed by atoms with E-state index >= 15 is 0 Å². The SMILES string of the molecule is CC(O)c1ccc(N(C)Cc2ccsc2)cc1Cl. The summed E-state index contributed by atoms with van der Waals surface area (Å²) >= 11 is 7.87. The lowest BCUT2D eigenvalue weighted by molar-refractivity contribution is 0.199. The second-order valence-electron chi connectivity index (χ2n) is 4.37. The minimum Gasteiger partial charge on any atom is -0.389 e. The van der Waals surface area contributed by atoms with E-state index in [0.717, 1.165) is 17.8 Å². The summed E-state index contributed by atoms with van der Waals surface area (Å²) in [4.78, 5) is 2.14. The van der Waals surface area contributed by atoms with Crippen molar-refractivity contribution >= 4 is 28.6 Å². The molecule has 0 spiro atoms. The number of aliphatic hydroxyl groups excluding tert-OH is 1. The number of rotatable bonds is 4. The third-order valence-corrected chi connectivity index (χ3v) is 3.93. The number of nitrogens with zero attached hydrogens (tertiary/aromatic N) is 1. The van der Waals surface area contributed by atoms with Crippen molar-refractivity contribution in [2.24, 2.45) is 0 Å². The quantitative estimate of drug-likeness (QED) is 0.912. The van der Waals surface area contributed by atoms with Crippen molar-refractivity contribution in [3.63, 3.8) is 0 Å². The molecule has 1 N–H and O–H groups in total. The van der Waals surface area contributed by atoms with Crippen LogP contribution in [0.2, 0.25) is 5.02 Å². The van der Waals surface area contributed by atoms with E-state index < -0.39 is 6.10 Å². The third-order valence-electron chi connectivity index (χ3n) is 2.87. The van der Waals surface area contributed by atoms with Crippen molar-refractivity contribution in [3.8, 4) is 0 Å². The maximum absolute atomic E-state index is 9.54. The maximum Gasteiger partial charge on any atom is 0.0776 e. The van der Waals surface area contributed by atoms with Crippen LogP contribution in [0.1, 0.15) is 24.2 Å². The molecule has 2 nitrogen and oxygen atoms in total. The molecule has 0 radical (unpaired) electrons. The van der Waals surface area contributed by atoms with Crippen LogP contribution in [0, 0.1) is 0 Å². The number of hydrogen-bond donors (Lipinski definition) is 1. The highest BCUT2D eigenvalue weighted by Gasteiger charge is 2.09. The van der Waals surface area contributed by atoms with E-state index in [1.807, 2.05) is 25.2 Å². The van der Waals surface area contributed by atoms with Crippen molar-refractivity contribution in [2.75, 3.05) is 11.9 Å². The van der Waals surface area contributed by atoms with Crippen LogP contribution in [0.15, 0.2) is 35.0 Å². The molecule has 0 aliphatic heterocycles. The predicted octanol–water partition coefficient (Wildman–Crippen LogP) is 4.09. The number of aliphatic hydroxyl groups is 1. The molecule has 18 heavy (non-hydrogen) atoms. The first-order chi connectivity index (χ1) is 8.58. The van der Waals surface area contributed by atoms with Crippen molar-refractivity contribution in [1.82, 2.24) is 0 Å². The van der Waals surface area contributed by atoms with Crippen molar-refractivity contribution in [1.29, 1.82) is 0 Å². The molecule has 0 aliphatic rings. The molecule has 1 heterocycles. The predicted molar refractivity (Wildman–Crippen MR) is 78.5 cm³/mol. The summed E-state index contributed by atoms with van der Waals surface area (Å²) in [5.74, 6) is 0. The number of anilines is 1. The van der Waals surface area contributed by atoms with E-state index in [0.29, 0.717) is 5.02 Å². The molecule has 1 atom stereocenters. The fraction of sp³-hybridized carbons (Fsp3) is 0.286. The molecular formula is C14H16ClNOS. The zero-order valence-corrected chi connectivity index (χ0v) is 12.0. The number of thiophene rings is 1. The smallest absolute Gasteiger partial charge is 0.0776 e. The summed E-state index contributed by atoms with van der Waals surface area (Å²) in [5, 5.41) is 14.4. The molecule has 0 amide bonds. The number of halogens is 1. The van der Waals surface area contributed by atoms with Crippen LogP contribution in [0.4, 0.5) is 5.69 Å². The van der Waals surface area contributed by atoms with Crippen molar-refractivity contribution < 1.29 is 5.11 Å². The number of hydrogen-bond acceptors (Lipinski definition) is 3. The van der Waals surface area contributed by atoms with Gasteiger partial charge in [-0.3, -0.25) is 0 Å². The van der Waals surface area contributed by atoms with Gasteiger partial charge in [-0.2, -0.15) is 11.3 Å². The second kappa shape index (κ2) is 5.74. The summed E-state index contributed by atoms with van der Waals surface area (Å²) < 4.78 is 0. The van der Waals surface area contributed by atoms with Crippen LogP contribution in [0.5, 0.6) is 0 Å². The summed E-state index contributed by atoms with van der Waals surface area (Å²) in [6, 6.07) is 7.88. The average molecular weight is 282 g/mol. The standard InChI is InChI=1S/C14H16ClNOS/c1-10(17)13-4-3-12(7-14(13)15)16(2)8-11-5-6-18-9-11/h3-7,9-10,17H,8H2,1-2H3. The monoisotopic (exact) mass is 281 g/mol. The van der Waals surface area contributed by atoms with Crippen LogP contribution in [0.25, 0.3) is 0 Å². The fourth-order valence-electron chi connectivity index (χ4n) is 1.84. The van der Waals surface area contributed by atoms with Gasteiger partial charge in [0.05, 0.1) is 6.10 Å². The molecule has 0 saturated heterocycles. The zero-order chi connectivity index (χ0) is 13.1. The van der Waals surface area contributed by atoms with E-state index in [1.165, 1.54) is 5.56 Å². The lowest BCUT2D eigenvalue weighted by Gasteiger charge is -2.20. The Hall–Kier alpha value is -1.03. The van der Waals surface area contributed by atoms with Gasteiger partial charge in [0.2, 0.25) is 0 Å². The fourth-order valence-corrected chi connectivity index (χ4v) is 2.83. The topological polar surface area (TPSA) is 23.5 Å². The van der Waals surface area contributed by atoms with Crippen LogP contribution in [-0.4, -0.2) is 12.2 Å². The molecule has 1 aromatic heterocycles. The van der Waals surface area contributed by atoms with Crippen LogP contribution < -0.4 is 4.90 Å². The Bertz CT molecular complexity index is 511. The molecular weight excluding hydrogens is 266 g/mol. The highest BCUT2D eigenvalue weighted by Crippen LogP contribution is 2.28. The molecule has 0 fully saturated rings. The second-order valence-corrected chi connectivity index (χ2v) is 5.56. The highest BCUT2D eigenvalue weighted by atomic mass is 35.5. The normalized spacial score (nSPS) is 12.4. The Kier molecular flexibility index (Phi) is 4.27. The van der Waals surface area contributed by atoms with Crippen LogP contribution in [-0.2, 0) is 6.54 Å². The maximum atomic E-state index is 9.54. The Morgan fingerprint density at radius 1 is 1.39 bits per heavy atom. The van der Waals surface area contributed by atoms with E-state index in [4.69, 9.17) is 11.6 Å². The average Bonchev–Trinajstić information content (AvgIpc) is 2.81. The van der Waals surface area contributed by atoms with Gasteiger partial charge in [-0.05, 0) is 47.0 Å². The first kappa shape index (κ1) is 13.4. The van der Waals surface area contributed by atoms with Crippen molar-refractivity contribution in [2.45, 2.75) is 19.6 Å². The van der Waals surface area contributed by atoms with Crippen molar-refractivity contribution in [3.05, 3.63) is 51.2 Å². The van der Waals surface area contributed by atoms with Gasteiger partial charge in [-0.15, -0.1) is 0 Å². The highest BCUT2D eigenvalue weighted by molar-refractivity contribution is 7.07. The Morgan fingerprint density at radius 3 is 2.72 bits per heavy atom. The van der Waals surface area contributed by atoms with Crippen LogP contribution in [0.3, 0.4) is 0 Å². The third kappa shape index (κ3) is 3.05. The largest absolute Gasteiger partial charge is 0.389 e. The number of benzene rings is 1. The minimum absolute atomic E-state index is 0.534. The Balaban J connectivity index is 2.16. The molecule has 2 rings (SSSR count). The first-order valence-corrected chi connectivity index (χ1v) is 7.09. The molecule has 1 aromatic carbocycles. The Labute approximate surface area is 116 Å². The Morgan fingerprint density at radius 2 is 2.17 bits per heavy atom. The van der Waals surface area contributed by atoms with E-state index in [9.17, 15) is 5.11 Å². The van der Waals surface area contributed by atoms with Gasteiger partial charge in [-0.25, -0.2) is 0 Å². The van der Waals surface area contributed by atoms with Gasteiger partial charge >= 0.3 is 0 Å². The molecule has 0 aliphatic carbocycles. The lowest BCUT2D eigenvalue weighted by atomic mass is 10.1. The zero-order valence-electron chi connectivity index (χ0n) is 10.4. The molecule has 2 aromatic rings. The van der Waals surface area contributed by atoms with E-state index in [1.54, 1.807) is 18.3 Å². The molecule has 0 saturated carbocycles. The van der Waals surface area contributed by atoms with Gasteiger partial charge in [0.1, 0.15) is 0 Å². The molecule has 96 valence electrons. The summed E-state index contributed by atoms with van der Waals surface area (Å²) in [5.41, 5.74) is 3.11. The minimum atomic E-state index is -0.534. The van der Waals surface area contributed by atoms with Gasteiger partial charge in [0.15, 0.2) is 0 Å². The van der Waals surface area contributed by atoms with Gasteiger partial charge in [0, 0.05) is 24.3 Å². The van der Waals surface area contributed by atoms with Gasteiger partial charge < -0.3 is 10.0 Å². The summed E-state index contributed by atoms with van der Waals surface area (Å²) in [7, 11) is 2.03. The summed E-state index contributed by atoms with van der Waals surface area (Å²) in [6.45, 7) is 2.57. The molecule has 1 unspecified atom stereocenters. The van der Waals surface area contributed by atoms with Gasteiger partial charge in [-0.1, -0.05) is 17.7 Å². The summed E-state index contributed by atoms with van der Waals surface area (Å²) in [6.07, 6.45) is -0.534. The first-order valence-electron chi connectivity index (χ1n) is 5.77. The molecule has 0 bridgehead atoms.